The fourth-order valence-electron chi connectivity index (χ4n) is 2.04. The van der Waals surface area contributed by atoms with Crippen LogP contribution in [0, 0.1) is 0 Å². The molecule has 110 valence electrons. The van der Waals surface area contributed by atoms with Gasteiger partial charge in [-0.05, 0) is 12.1 Å². The third kappa shape index (κ3) is 1.92. The van der Waals surface area contributed by atoms with Gasteiger partial charge >= 0.3 is 17.1 Å². The van der Waals surface area contributed by atoms with Gasteiger partial charge in [0.05, 0.1) is 5.69 Å². The zero-order valence-electron chi connectivity index (χ0n) is 10.9. The van der Waals surface area contributed by atoms with Gasteiger partial charge in [0.15, 0.2) is 0 Å². The highest BCUT2D eigenvalue weighted by molar-refractivity contribution is 6.23. The van der Waals surface area contributed by atoms with Crippen molar-refractivity contribution in [3.8, 4) is 5.69 Å². The number of hydrogen-bond donors (Lipinski definition) is 1. The van der Waals surface area contributed by atoms with Gasteiger partial charge in [-0.3, -0.25) is 14.6 Å². The highest BCUT2D eigenvalue weighted by Gasteiger charge is 2.29. The molecule has 0 spiro atoms. The number of carbonyl (C=O) groups excluding carboxylic acids is 2. The number of carbonyl (C=O) groups is 2. The van der Waals surface area contributed by atoms with Crippen LogP contribution in [0.2, 0.25) is 0 Å². The first-order valence-electron chi connectivity index (χ1n) is 6.11. The van der Waals surface area contributed by atoms with Gasteiger partial charge in [0.1, 0.15) is 0 Å². The van der Waals surface area contributed by atoms with Crippen molar-refractivity contribution in [1.29, 1.82) is 0 Å². The number of imide groups is 1. The van der Waals surface area contributed by atoms with Crippen molar-refractivity contribution in [1.82, 2.24) is 14.2 Å². The number of nitrogens with one attached hydrogen (secondary N) is 1. The summed E-state index contributed by atoms with van der Waals surface area (Å²) in [5, 5.41) is 0.361. The van der Waals surface area contributed by atoms with Crippen LogP contribution in [0.4, 0.5) is 0 Å². The molecule has 1 aliphatic heterocycles. The summed E-state index contributed by atoms with van der Waals surface area (Å²) in [5.41, 5.74) is -3.07. The van der Waals surface area contributed by atoms with Crippen LogP contribution in [0.1, 0.15) is 0 Å². The van der Waals surface area contributed by atoms with E-state index in [-0.39, 0.29) is 5.69 Å². The Hall–Kier alpha value is -3.49. The van der Waals surface area contributed by atoms with Crippen molar-refractivity contribution >= 4 is 11.8 Å². The number of aromatic amines is 1. The molecular weight excluding hydrogens is 292 g/mol. The van der Waals surface area contributed by atoms with Crippen molar-refractivity contribution in [3.63, 3.8) is 0 Å². The molecule has 0 saturated carbocycles. The van der Waals surface area contributed by atoms with Crippen molar-refractivity contribution < 1.29 is 9.59 Å². The molecule has 3 rings (SSSR count). The zero-order valence-corrected chi connectivity index (χ0v) is 10.9. The topological polar surface area (TPSA) is 114 Å². The van der Waals surface area contributed by atoms with E-state index in [1.165, 1.54) is 12.1 Å². The van der Waals surface area contributed by atoms with Crippen LogP contribution in [0.5, 0.6) is 0 Å². The summed E-state index contributed by atoms with van der Waals surface area (Å²) >= 11 is 0. The normalized spacial score (nSPS) is 13.9. The molecular formula is C13H8N4O5. The highest BCUT2D eigenvalue weighted by atomic mass is 16.2. The molecule has 0 bridgehead atoms. The van der Waals surface area contributed by atoms with Crippen molar-refractivity contribution in [2.45, 2.75) is 0 Å². The minimum absolute atomic E-state index is 0.189. The average Bonchev–Trinajstić information content (AvgIpc) is 2.80. The zero-order chi connectivity index (χ0) is 15.9. The maximum Gasteiger partial charge on any atom is 0.360 e. The van der Waals surface area contributed by atoms with E-state index in [2.05, 4.69) is 0 Å². The SMILES string of the molecule is O=C1C=CC(=O)N1n1c(=O)[nH]c(=O)n(-c2ccccc2)c1=O. The van der Waals surface area contributed by atoms with Gasteiger partial charge in [-0.25, -0.2) is 19.0 Å². The first-order valence-corrected chi connectivity index (χ1v) is 6.11. The average molecular weight is 300 g/mol. The molecule has 0 saturated heterocycles. The Morgan fingerprint density at radius 2 is 1.36 bits per heavy atom. The van der Waals surface area contributed by atoms with Gasteiger partial charge in [-0.2, -0.15) is 5.01 Å². The van der Waals surface area contributed by atoms with Crippen LogP contribution in [-0.4, -0.2) is 26.0 Å². The van der Waals surface area contributed by atoms with Crippen LogP contribution in [0.3, 0.4) is 0 Å². The molecule has 9 heteroatoms. The third-order valence-corrected chi connectivity index (χ3v) is 2.98. The number of aromatic nitrogens is 3. The lowest BCUT2D eigenvalue weighted by Crippen LogP contribution is -2.59. The first kappa shape index (κ1) is 13.5. The van der Waals surface area contributed by atoms with Gasteiger partial charge in [-0.1, -0.05) is 18.2 Å². The van der Waals surface area contributed by atoms with Crippen LogP contribution < -0.4 is 22.1 Å². The van der Waals surface area contributed by atoms with E-state index in [0.717, 1.165) is 12.2 Å². The maximum atomic E-state index is 12.4. The lowest BCUT2D eigenvalue weighted by molar-refractivity contribution is -0.122. The summed E-state index contributed by atoms with van der Waals surface area (Å²) in [5.74, 6) is -1.70. The van der Waals surface area contributed by atoms with E-state index < -0.39 is 28.9 Å². The van der Waals surface area contributed by atoms with Crippen LogP contribution in [0.15, 0.2) is 56.9 Å². The number of para-hydroxylation sites is 1. The molecule has 22 heavy (non-hydrogen) atoms. The fraction of sp³-hybridized carbons (Fsp3) is 0. The number of hydrogen-bond acceptors (Lipinski definition) is 5. The molecule has 0 aliphatic carbocycles. The van der Waals surface area contributed by atoms with Crippen LogP contribution >= 0.6 is 0 Å². The molecule has 1 aromatic heterocycles. The van der Waals surface area contributed by atoms with Gasteiger partial charge in [-0.15, -0.1) is 4.68 Å². The molecule has 0 atom stereocenters. The predicted octanol–water partition coefficient (Wildman–Crippen LogP) is -1.75. The van der Waals surface area contributed by atoms with E-state index in [1.54, 1.807) is 18.2 Å². The molecule has 2 amide bonds. The lowest BCUT2D eigenvalue weighted by Gasteiger charge is -2.15. The molecule has 1 aliphatic rings. The van der Waals surface area contributed by atoms with Gasteiger partial charge < -0.3 is 0 Å². The van der Waals surface area contributed by atoms with E-state index in [4.69, 9.17) is 0 Å². The quantitative estimate of drug-likeness (QED) is 0.660. The molecule has 2 heterocycles. The number of amides is 2. The second-order valence-electron chi connectivity index (χ2n) is 4.32. The molecule has 1 aromatic carbocycles. The molecule has 1 N–H and O–H groups in total. The largest absolute Gasteiger partial charge is 0.360 e. The minimum Gasteiger partial charge on any atom is -0.267 e. The van der Waals surface area contributed by atoms with Crippen LogP contribution in [0.25, 0.3) is 5.69 Å². The highest BCUT2D eigenvalue weighted by Crippen LogP contribution is 2.01. The Bertz CT molecular complexity index is 962. The number of nitrogens with zero attached hydrogens (tertiary/aromatic N) is 3. The summed E-state index contributed by atoms with van der Waals surface area (Å²) in [7, 11) is 0. The summed E-state index contributed by atoms with van der Waals surface area (Å²) in [6.45, 7) is 0. The molecule has 0 fully saturated rings. The Balaban J connectivity index is 2.33. The third-order valence-electron chi connectivity index (χ3n) is 2.98. The molecule has 0 radical (unpaired) electrons. The molecule has 9 nitrogen and oxygen atoms in total. The Kier molecular flexibility index (Phi) is 2.95. The second kappa shape index (κ2) is 4.81. The summed E-state index contributed by atoms with van der Waals surface area (Å²) < 4.78 is 0.944. The van der Waals surface area contributed by atoms with Gasteiger partial charge in [0, 0.05) is 12.2 Å². The summed E-state index contributed by atoms with van der Waals surface area (Å²) in [6, 6.07) is 7.79. The molecule has 0 unspecified atom stereocenters. The monoisotopic (exact) mass is 300 g/mol. The van der Waals surface area contributed by atoms with Crippen molar-refractivity contribution in [3.05, 3.63) is 73.9 Å². The Labute approximate surface area is 121 Å². The fourth-order valence-corrected chi connectivity index (χ4v) is 2.04. The Morgan fingerprint density at radius 1 is 0.773 bits per heavy atom. The van der Waals surface area contributed by atoms with E-state index in [1.807, 2.05) is 4.98 Å². The summed E-state index contributed by atoms with van der Waals surface area (Å²) in [4.78, 5) is 61.3. The lowest BCUT2D eigenvalue weighted by atomic mass is 10.3. The number of H-pyrrole nitrogens is 1. The second-order valence-corrected chi connectivity index (χ2v) is 4.32. The maximum absolute atomic E-state index is 12.4. The smallest absolute Gasteiger partial charge is 0.267 e. The minimum atomic E-state index is -1.17. The van der Waals surface area contributed by atoms with E-state index in [0.29, 0.717) is 14.3 Å². The van der Waals surface area contributed by atoms with Crippen molar-refractivity contribution in [2.75, 3.05) is 5.01 Å². The van der Waals surface area contributed by atoms with Gasteiger partial charge in [0.2, 0.25) is 0 Å². The first-order chi connectivity index (χ1) is 10.5. The van der Waals surface area contributed by atoms with E-state index in [9.17, 15) is 24.0 Å². The standard InChI is InChI=1S/C13H8N4O5/c18-9-6-7-10(19)16(9)17-12(21)14-11(20)15(13(17)22)8-4-2-1-3-5-8/h1-7H,(H,14,20,21). The number of benzene rings is 1. The Morgan fingerprint density at radius 3 is 1.95 bits per heavy atom. The van der Waals surface area contributed by atoms with Crippen molar-refractivity contribution in [2.24, 2.45) is 0 Å². The predicted molar refractivity (Wildman–Crippen MR) is 74.3 cm³/mol. The van der Waals surface area contributed by atoms with Crippen LogP contribution in [-0.2, 0) is 9.59 Å². The number of rotatable bonds is 2. The molecule has 2 aromatic rings. The van der Waals surface area contributed by atoms with Gasteiger partial charge in [0.25, 0.3) is 11.8 Å². The summed E-state index contributed by atoms with van der Waals surface area (Å²) in [6.07, 6.45) is 1.85. The van der Waals surface area contributed by atoms with E-state index >= 15 is 0 Å².